The molecule has 0 bridgehead atoms. The van der Waals surface area contributed by atoms with Gasteiger partial charge in [-0.3, -0.25) is 0 Å². The highest BCUT2D eigenvalue weighted by molar-refractivity contribution is 5.67. The van der Waals surface area contributed by atoms with E-state index in [1.54, 1.807) is 0 Å². The lowest BCUT2D eigenvalue weighted by atomic mass is 10.0. The Morgan fingerprint density at radius 1 is 0.947 bits per heavy atom. The summed E-state index contributed by atoms with van der Waals surface area (Å²) in [7, 11) is 0. The third-order valence-electron chi connectivity index (χ3n) is 3.30. The van der Waals surface area contributed by atoms with Gasteiger partial charge in [0.25, 0.3) is 0 Å². The highest BCUT2D eigenvalue weighted by atomic mass is 14.9. The van der Waals surface area contributed by atoms with Gasteiger partial charge in [0.15, 0.2) is 0 Å². The molecule has 19 heavy (non-hydrogen) atoms. The molecule has 0 atom stereocenters. The van der Waals surface area contributed by atoms with Gasteiger partial charge in [0.1, 0.15) is 5.82 Å². The zero-order valence-electron chi connectivity index (χ0n) is 11.1. The van der Waals surface area contributed by atoms with Crippen LogP contribution in [0.3, 0.4) is 0 Å². The molecule has 1 heterocycles. The molecule has 0 aliphatic heterocycles. The van der Waals surface area contributed by atoms with Crippen LogP contribution < -0.4 is 0 Å². The normalized spacial score (nSPS) is 10.6. The van der Waals surface area contributed by atoms with Crippen molar-refractivity contribution >= 4 is 0 Å². The number of nitrogens with zero attached hydrogens (tertiary/aromatic N) is 1. The molecule has 0 radical (unpaired) electrons. The Bertz CT molecular complexity index is 696. The Morgan fingerprint density at radius 2 is 1.74 bits per heavy atom. The van der Waals surface area contributed by atoms with Gasteiger partial charge in [-0.25, -0.2) is 4.98 Å². The van der Waals surface area contributed by atoms with Crippen LogP contribution in [0.25, 0.3) is 22.6 Å². The second-order valence-corrected chi connectivity index (χ2v) is 4.83. The van der Waals surface area contributed by atoms with E-state index in [1.165, 1.54) is 16.7 Å². The second kappa shape index (κ2) is 4.73. The quantitative estimate of drug-likeness (QED) is 0.717. The molecule has 2 heteroatoms. The number of hydrogen-bond acceptors (Lipinski definition) is 1. The van der Waals surface area contributed by atoms with Crippen molar-refractivity contribution in [2.24, 2.45) is 0 Å². The van der Waals surface area contributed by atoms with Gasteiger partial charge >= 0.3 is 0 Å². The number of benzene rings is 2. The summed E-state index contributed by atoms with van der Waals surface area (Å²) in [6.07, 6.45) is 1.90. The van der Waals surface area contributed by atoms with Crippen LogP contribution in [0.15, 0.2) is 54.7 Å². The van der Waals surface area contributed by atoms with Gasteiger partial charge in [-0.05, 0) is 19.4 Å². The average Bonchev–Trinajstić information content (AvgIpc) is 2.89. The molecule has 94 valence electrons. The van der Waals surface area contributed by atoms with Crippen molar-refractivity contribution in [2.45, 2.75) is 13.8 Å². The minimum atomic E-state index is 0.913. The molecule has 2 nitrogen and oxygen atoms in total. The summed E-state index contributed by atoms with van der Waals surface area (Å²) in [6.45, 7) is 4.24. The van der Waals surface area contributed by atoms with Crippen LogP contribution in [0.1, 0.15) is 11.1 Å². The molecule has 0 fully saturated rings. The number of H-pyrrole nitrogens is 1. The molecule has 0 saturated carbocycles. The van der Waals surface area contributed by atoms with Crippen LogP contribution in [0.2, 0.25) is 0 Å². The monoisotopic (exact) mass is 248 g/mol. The van der Waals surface area contributed by atoms with E-state index in [2.05, 4.69) is 54.1 Å². The maximum Gasteiger partial charge on any atom is 0.137 e. The number of nitrogens with one attached hydrogen (secondary N) is 1. The standard InChI is InChI=1S/C17H16N2/c1-12-8-9-15(13(2)10-12)16-11-18-17(19-16)14-6-4-3-5-7-14/h3-11H,1-2H3,(H,18,19). The van der Waals surface area contributed by atoms with Crippen molar-refractivity contribution in [1.82, 2.24) is 9.97 Å². The predicted octanol–water partition coefficient (Wildman–Crippen LogP) is 4.36. The first-order chi connectivity index (χ1) is 9.24. The van der Waals surface area contributed by atoms with Crippen molar-refractivity contribution in [3.8, 4) is 22.6 Å². The molecule has 0 aliphatic carbocycles. The van der Waals surface area contributed by atoms with E-state index in [9.17, 15) is 0 Å². The third kappa shape index (κ3) is 2.29. The first-order valence-electron chi connectivity index (χ1n) is 6.42. The van der Waals surface area contributed by atoms with E-state index in [0.29, 0.717) is 0 Å². The SMILES string of the molecule is Cc1ccc(-c2cnc(-c3ccccc3)[nH]2)c(C)c1. The first kappa shape index (κ1) is 11.7. The number of rotatable bonds is 2. The summed E-state index contributed by atoms with van der Waals surface area (Å²) >= 11 is 0. The van der Waals surface area contributed by atoms with Crippen LogP contribution in [-0.4, -0.2) is 9.97 Å². The van der Waals surface area contributed by atoms with E-state index in [4.69, 9.17) is 0 Å². The maximum atomic E-state index is 4.47. The molecule has 1 aromatic heterocycles. The summed E-state index contributed by atoms with van der Waals surface area (Å²) < 4.78 is 0. The highest BCUT2D eigenvalue weighted by Gasteiger charge is 2.07. The number of aryl methyl sites for hydroxylation is 2. The number of imidazole rings is 1. The maximum absolute atomic E-state index is 4.47. The lowest BCUT2D eigenvalue weighted by Gasteiger charge is -2.04. The largest absolute Gasteiger partial charge is 0.338 e. The lowest BCUT2D eigenvalue weighted by Crippen LogP contribution is -1.85. The van der Waals surface area contributed by atoms with E-state index in [1.807, 2.05) is 24.4 Å². The van der Waals surface area contributed by atoms with E-state index in [0.717, 1.165) is 17.1 Å². The molecular formula is C17H16N2. The molecule has 0 saturated heterocycles. The summed E-state index contributed by atoms with van der Waals surface area (Å²) in [4.78, 5) is 7.87. The lowest BCUT2D eigenvalue weighted by molar-refractivity contribution is 1.30. The third-order valence-corrected chi connectivity index (χ3v) is 3.30. The van der Waals surface area contributed by atoms with Crippen molar-refractivity contribution < 1.29 is 0 Å². The Labute approximate surface area is 113 Å². The van der Waals surface area contributed by atoms with Crippen molar-refractivity contribution in [3.63, 3.8) is 0 Å². The van der Waals surface area contributed by atoms with Crippen LogP contribution >= 0.6 is 0 Å². The predicted molar refractivity (Wildman–Crippen MR) is 78.9 cm³/mol. The van der Waals surface area contributed by atoms with Crippen LogP contribution in [0.5, 0.6) is 0 Å². The van der Waals surface area contributed by atoms with Crippen LogP contribution in [0, 0.1) is 13.8 Å². The van der Waals surface area contributed by atoms with E-state index >= 15 is 0 Å². The topological polar surface area (TPSA) is 28.7 Å². The van der Waals surface area contributed by atoms with Gasteiger partial charge in [-0.15, -0.1) is 0 Å². The fourth-order valence-electron chi connectivity index (χ4n) is 2.32. The van der Waals surface area contributed by atoms with Crippen molar-refractivity contribution in [2.75, 3.05) is 0 Å². The Kier molecular flexibility index (Phi) is 2.92. The molecule has 3 rings (SSSR count). The Morgan fingerprint density at radius 3 is 2.47 bits per heavy atom. The second-order valence-electron chi connectivity index (χ2n) is 4.83. The van der Waals surface area contributed by atoms with Crippen molar-refractivity contribution in [3.05, 3.63) is 65.9 Å². The van der Waals surface area contributed by atoms with Crippen molar-refractivity contribution in [1.29, 1.82) is 0 Å². The Hall–Kier alpha value is -2.35. The number of aromatic nitrogens is 2. The highest BCUT2D eigenvalue weighted by Crippen LogP contribution is 2.25. The smallest absolute Gasteiger partial charge is 0.137 e. The molecular weight excluding hydrogens is 232 g/mol. The van der Waals surface area contributed by atoms with Gasteiger partial charge in [0, 0.05) is 11.1 Å². The fourth-order valence-corrected chi connectivity index (χ4v) is 2.32. The average molecular weight is 248 g/mol. The Balaban J connectivity index is 2.02. The summed E-state index contributed by atoms with van der Waals surface area (Å²) in [5.74, 6) is 0.913. The van der Waals surface area contributed by atoms with Gasteiger partial charge in [0.05, 0.1) is 11.9 Å². The molecule has 3 aromatic rings. The van der Waals surface area contributed by atoms with Crippen LogP contribution in [-0.2, 0) is 0 Å². The van der Waals surface area contributed by atoms with Gasteiger partial charge < -0.3 is 4.98 Å². The van der Waals surface area contributed by atoms with Gasteiger partial charge in [-0.2, -0.15) is 0 Å². The molecule has 0 amide bonds. The number of aromatic amines is 1. The molecule has 0 aliphatic rings. The zero-order chi connectivity index (χ0) is 13.2. The minimum Gasteiger partial charge on any atom is -0.338 e. The van der Waals surface area contributed by atoms with Crippen LogP contribution in [0.4, 0.5) is 0 Å². The number of hydrogen-bond donors (Lipinski definition) is 1. The fraction of sp³-hybridized carbons (Fsp3) is 0.118. The molecule has 2 aromatic carbocycles. The minimum absolute atomic E-state index is 0.913. The molecule has 1 N–H and O–H groups in total. The zero-order valence-corrected chi connectivity index (χ0v) is 11.1. The first-order valence-corrected chi connectivity index (χ1v) is 6.42. The van der Waals surface area contributed by atoms with Gasteiger partial charge in [0.2, 0.25) is 0 Å². The molecule has 0 spiro atoms. The van der Waals surface area contributed by atoms with Gasteiger partial charge in [-0.1, -0.05) is 54.1 Å². The summed E-state index contributed by atoms with van der Waals surface area (Å²) in [6, 6.07) is 16.6. The summed E-state index contributed by atoms with van der Waals surface area (Å²) in [5, 5.41) is 0. The van der Waals surface area contributed by atoms with E-state index < -0.39 is 0 Å². The summed E-state index contributed by atoms with van der Waals surface area (Å²) in [5.41, 5.74) is 5.93. The molecule has 0 unspecified atom stereocenters. The van der Waals surface area contributed by atoms with E-state index in [-0.39, 0.29) is 0 Å².